The van der Waals surface area contributed by atoms with E-state index in [1.807, 2.05) is 0 Å². The quantitative estimate of drug-likeness (QED) is 0.491. The third-order valence-electron chi connectivity index (χ3n) is 0.820. The number of carbonyl (C=O) groups is 2. The maximum absolute atomic E-state index is 10.3. The molecule has 0 aliphatic carbocycles. The Morgan fingerprint density at radius 3 is 2.11 bits per heavy atom. The van der Waals surface area contributed by atoms with Gasteiger partial charge in [-0.2, -0.15) is 5.26 Å². The van der Waals surface area contributed by atoms with Gasteiger partial charge in [0.2, 0.25) is 5.91 Å². The molecule has 1 unspecified atom stereocenters. The van der Waals surface area contributed by atoms with Gasteiger partial charge in [-0.1, -0.05) is 0 Å². The summed E-state index contributed by atoms with van der Waals surface area (Å²) in [5, 5.41) is 8.10. The molecule has 0 aromatic heterocycles. The molecule has 0 bridgehead atoms. The summed E-state index contributed by atoms with van der Waals surface area (Å²) in [7, 11) is 0. The van der Waals surface area contributed by atoms with Crippen LogP contribution < -0.4 is 5.73 Å². The van der Waals surface area contributed by atoms with E-state index in [0.29, 0.717) is 0 Å². The van der Waals surface area contributed by atoms with Crippen LogP contribution in [0.5, 0.6) is 0 Å². The standard InChI is InChI=1S/C5H6N2O2/c1-3(8)4(2-6)5(7)9/h4H,1H3,(H2,7,9). The average molecular weight is 126 g/mol. The maximum Gasteiger partial charge on any atom is 0.242 e. The number of nitrogens with two attached hydrogens (primary N) is 1. The van der Waals surface area contributed by atoms with E-state index in [1.165, 1.54) is 6.07 Å². The van der Waals surface area contributed by atoms with Crippen molar-refractivity contribution in [2.75, 3.05) is 0 Å². The van der Waals surface area contributed by atoms with Crippen molar-refractivity contribution in [1.82, 2.24) is 0 Å². The van der Waals surface area contributed by atoms with Gasteiger partial charge in [0.1, 0.15) is 0 Å². The maximum atomic E-state index is 10.3. The third kappa shape index (κ3) is 1.91. The Morgan fingerprint density at radius 2 is 2.11 bits per heavy atom. The van der Waals surface area contributed by atoms with Gasteiger partial charge >= 0.3 is 0 Å². The van der Waals surface area contributed by atoms with E-state index in [-0.39, 0.29) is 0 Å². The molecule has 1 amide bonds. The van der Waals surface area contributed by atoms with E-state index >= 15 is 0 Å². The molecule has 0 heterocycles. The first kappa shape index (κ1) is 7.63. The number of nitrogens with zero attached hydrogens (tertiary/aromatic N) is 1. The van der Waals surface area contributed by atoms with E-state index in [9.17, 15) is 9.59 Å². The van der Waals surface area contributed by atoms with Gasteiger partial charge in [0, 0.05) is 0 Å². The van der Waals surface area contributed by atoms with Crippen molar-refractivity contribution in [2.45, 2.75) is 6.92 Å². The Hall–Kier alpha value is -1.37. The Bertz CT molecular complexity index is 166. The van der Waals surface area contributed by atoms with Crippen LogP contribution in [0.1, 0.15) is 6.92 Å². The van der Waals surface area contributed by atoms with Crippen LogP contribution in [-0.4, -0.2) is 11.7 Å². The SMILES string of the molecule is CC(=O)C(C#N)C(N)=O. The van der Waals surface area contributed by atoms with Crippen LogP contribution in [0.4, 0.5) is 0 Å². The molecule has 0 aromatic carbocycles. The monoisotopic (exact) mass is 126 g/mol. The predicted molar refractivity (Wildman–Crippen MR) is 29.0 cm³/mol. The van der Waals surface area contributed by atoms with Crippen LogP contribution >= 0.6 is 0 Å². The second-order valence-electron chi connectivity index (χ2n) is 1.58. The Kier molecular flexibility index (Phi) is 2.39. The molecule has 48 valence electrons. The summed E-state index contributed by atoms with van der Waals surface area (Å²) in [5.41, 5.74) is 4.67. The lowest BCUT2D eigenvalue weighted by molar-refractivity contribution is -0.128. The van der Waals surface area contributed by atoms with E-state index in [4.69, 9.17) is 5.26 Å². The van der Waals surface area contributed by atoms with E-state index in [1.54, 1.807) is 0 Å². The smallest absolute Gasteiger partial charge is 0.242 e. The summed E-state index contributed by atoms with van der Waals surface area (Å²) in [4.78, 5) is 20.4. The number of ketones is 1. The lowest BCUT2D eigenvalue weighted by atomic mass is 10.1. The number of hydrogen-bond acceptors (Lipinski definition) is 3. The fourth-order valence-corrected chi connectivity index (χ4v) is 0.355. The third-order valence-corrected chi connectivity index (χ3v) is 0.820. The highest BCUT2D eigenvalue weighted by atomic mass is 16.2. The molecule has 0 radical (unpaired) electrons. The molecular weight excluding hydrogens is 120 g/mol. The van der Waals surface area contributed by atoms with Gasteiger partial charge in [-0.3, -0.25) is 9.59 Å². The largest absolute Gasteiger partial charge is 0.368 e. The fourth-order valence-electron chi connectivity index (χ4n) is 0.355. The van der Waals surface area contributed by atoms with Crippen molar-refractivity contribution >= 4 is 11.7 Å². The van der Waals surface area contributed by atoms with Crippen LogP contribution in [0.3, 0.4) is 0 Å². The molecule has 1 atom stereocenters. The number of amides is 1. The molecule has 0 saturated carbocycles. The highest BCUT2D eigenvalue weighted by Gasteiger charge is 2.18. The Labute approximate surface area is 52.3 Å². The summed E-state index contributed by atoms with van der Waals surface area (Å²) in [6.07, 6.45) is 0. The van der Waals surface area contributed by atoms with Crippen LogP contribution in [0.15, 0.2) is 0 Å². The van der Waals surface area contributed by atoms with Crippen LogP contribution in [0, 0.1) is 17.2 Å². The summed E-state index contributed by atoms with van der Waals surface area (Å²) in [5.74, 6) is -2.67. The first-order valence-electron chi connectivity index (χ1n) is 2.29. The van der Waals surface area contributed by atoms with Crippen LogP contribution in [0.2, 0.25) is 0 Å². The van der Waals surface area contributed by atoms with Gasteiger partial charge in [0.15, 0.2) is 11.7 Å². The summed E-state index contributed by atoms with van der Waals surface area (Å²) in [6.45, 7) is 1.15. The fraction of sp³-hybridized carbons (Fsp3) is 0.400. The highest BCUT2D eigenvalue weighted by molar-refractivity contribution is 6.02. The van der Waals surface area contributed by atoms with Crippen LogP contribution in [-0.2, 0) is 9.59 Å². The Morgan fingerprint density at radius 1 is 1.67 bits per heavy atom. The number of primary amides is 1. The zero-order chi connectivity index (χ0) is 7.44. The topological polar surface area (TPSA) is 83.9 Å². The average Bonchev–Trinajstić information content (AvgIpc) is 1.64. The van der Waals surface area contributed by atoms with E-state index in [2.05, 4.69) is 5.73 Å². The van der Waals surface area contributed by atoms with Crippen molar-refractivity contribution in [1.29, 1.82) is 5.26 Å². The molecule has 0 fully saturated rings. The first-order chi connectivity index (χ1) is 4.09. The summed E-state index contributed by atoms with van der Waals surface area (Å²) < 4.78 is 0. The minimum absolute atomic E-state index is 0.509. The summed E-state index contributed by atoms with van der Waals surface area (Å²) >= 11 is 0. The number of hydrogen-bond donors (Lipinski definition) is 1. The molecule has 0 saturated heterocycles. The molecule has 0 aliphatic heterocycles. The van der Waals surface area contributed by atoms with Gasteiger partial charge < -0.3 is 5.73 Å². The molecule has 4 heteroatoms. The van der Waals surface area contributed by atoms with Gasteiger partial charge in [0.25, 0.3) is 0 Å². The van der Waals surface area contributed by atoms with Gasteiger partial charge in [0.05, 0.1) is 6.07 Å². The molecule has 0 aliphatic rings. The van der Waals surface area contributed by atoms with E-state index < -0.39 is 17.6 Å². The molecular formula is C5H6N2O2. The Balaban J connectivity index is 4.22. The van der Waals surface area contributed by atoms with Gasteiger partial charge in [-0.05, 0) is 6.92 Å². The number of carbonyl (C=O) groups excluding carboxylic acids is 2. The van der Waals surface area contributed by atoms with Gasteiger partial charge in [-0.15, -0.1) is 0 Å². The normalized spacial score (nSPS) is 11.6. The molecule has 2 N–H and O–H groups in total. The highest BCUT2D eigenvalue weighted by Crippen LogP contribution is 1.92. The second kappa shape index (κ2) is 2.82. The molecule has 0 aromatic rings. The van der Waals surface area contributed by atoms with Crippen molar-refractivity contribution in [3.05, 3.63) is 0 Å². The minimum Gasteiger partial charge on any atom is -0.368 e. The van der Waals surface area contributed by atoms with Gasteiger partial charge in [-0.25, -0.2) is 0 Å². The molecule has 9 heavy (non-hydrogen) atoms. The molecule has 0 spiro atoms. The second-order valence-corrected chi connectivity index (χ2v) is 1.58. The summed E-state index contributed by atoms with van der Waals surface area (Å²) in [6, 6.07) is 1.48. The first-order valence-corrected chi connectivity index (χ1v) is 2.29. The lowest BCUT2D eigenvalue weighted by Crippen LogP contribution is -2.27. The van der Waals surface area contributed by atoms with E-state index in [0.717, 1.165) is 6.92 Å². The minimum atomic E-state index is -1.27. The predicted octanol–water partition coefficient (Wildman–Crippen LogP) is -0.800. The van der Waals surface area contributed by atoms with Crippen LogP contribution in [0.25, 0.3) is 0 Å². The zero-order valence-electron chi connectivity index (χ0n) is 4.92. The zero-order valence-corrected chi connectivity index (χ0v) is 4.92. The van der Waals surface area contributed by atoms with Crippen molar-refractivity contribution < 1.29 is 9.59 Å². The van der Waals surface area contributed by atoms with Crippen molar-refractivity contribution in [3.8, 4) is 6.07 Å². The lowest BCUT2D eigenvalue weighted by Gasteiger charge is -1.94. The van der Waals surface area contributed by atoms with Crippen molar-refractivity contribution in [3.63, 3.8) is 0 Å². The molecule has 0 rings (SSSR count). The molecule has 4 nitrogen and oxygen atoms in total. The number of Topliss-reactive ketones (excluding diaryl/α,β-unsaturated/α-hetero) is 1. The number of nitriles is 1. The number of rotatable bonds is 2. The van der Waals surface area contributed by atoms with Crippen molar-refractivity contribution in [2.24, 2.45) is 11.7 Å².